The third-order valence-electron chi connectivity index (χ3n) is 5.21. The topological polar surface area (TPSA) is 78.0 Å². The van der Waals surface area contributed by atoms with Gasteiger partial charge in [-0.25, -0.2) is 13.8 Å². The molecule has 0 saturated carbocycles. The van der Waals surface area contributed by atoms with Crippen LogP contribution in [0.5, 0.6) is 5.75 Å². The molecule has 164 valence electrons. The van der Waals surface area contributed by atoms with E-state index in [4.69, 9.17) is 33.7 Å². The number of aromatic nitrogens is 3. The number of nitrogens with two attached hydrogens (primary N) is 1. The zero-order valence-electron chi connectivity index (χ0n) is 16.7. The van der Waals surface area contributed by atoms with Crippen LogP contribution in [0.1, 0.15) is 25.0 Å². The van der Waals surface area contributed by atoms with Crippen molar-refractivity contribution in [1.82, 2.24) is 20.1 Å². The Labute approximate surface area is 188 Å². The second-order valence-electron chi connectivity index (χ2n) is 7.51. The second kappa shape index (κ2) is 8.98. The Balaban J connectivity index is 1.53. The quantitative estimate of drug-likeness (QED) is 0.508. The standard InChI is InChI=1S/C21H21Cl2F2N5O/c1-11(19-16(22)2-3-17(25)20(19)23)31-18-4-12(6-28-21(18)26)13-7-29-30(9-13)10-15-5-14(24)8-27-15/h2-4,6-7,9,11,14-15,27H,5,8,10H2,1H3,(H2,26,28)/t11-,14-,15-/m1/s1. The van der Waals surface area contributed by atoms with Crippen molar-refractivity contribution in [2.24, 2.45) is 0 Å². The molecule has 31 heavy (non-hydrogen) atoms. The number of halogens is 4. The van der Waals surface area contributed by atoms with Gasteiger partial charge in [-0.15, -0.1) is 0 Å². The first-order valence-electron chi connectivity index (χ1n) is 9.77. The van der Waals surface area contributed by atoms with E-state index in [1.54, 1.807) is 30.1 Å². The maximum atomic E-state index is 13.9. The number of pyridine rings is 1. The van der Waals surface area contributed by atoms with Crippen LogP contribution in [0.4, 0.5) is 14.6 Å². The summed E-state index contributed by atoms with van der Waals surface area (Å²) in [6, 6.07) is 4.40. The maximum absolute atomic E-state index is 13.9. The molecule has 0 spiro atoms. The van der Waals surface area contributed by atoms with Gasteiger partial charge >= 0.3 is 0 Å². The van der Waals surface area contributed by atoms with Crippen molar-refractivity contribution in [3.05, 3.63) is 58.2 Å². The van der Waals surface area contributed by atoms with Crippen molar-refractivity contribution >= 4 is 29.0 Å². The van der Waals surface area contributed by atoms with E-state index in [0.29, 0.717) is 35.8 Å². The fraction of sp³-hybridized carbons (Fsp3) is 0.333. The number of nitrogen functional groups attached to an aromatic ring is 1. The van der Waals surface area contributed by atoms with Crippen LogP contribution in [0.3, 0.4) is 0 Å². The molecule has 3 N–H and O–H groups in total. The average Bonchev–Trinajstić information content (AvgIpc) is 3.36. The van der Waals surface area contributed by atoms with E-state index in [1.165, 1.54) is 12.1 Å². The van der Waals surface area contributed by atoms with Gasteiger partial charge in [0.25, 0.3) is 0 Å². The van der Waals surface area contributed by atoms with Crippen LogP contribution in [0.15, 0.2) is 36.8 Å². The van der Waals surface area contributed by atoms with Crippen LogP contribution in [0.2, 0.25) is 10.0 Å². The fourth-order valence-corrected chi connectivity index (χ4v) is 4.30. The van der Waals surface area contributed by atoms with Gasteiger partial charge in [-0.2, -0.15) is 5.10 Å². The van der Waals surface area contributed by atoms with Crippen LogP contribution >= 0.6 is 23.2 Å². The highest BCUT2D eigenvalue weighted by Crippen LogP contribution is 2.36. The summed E-state index contributed by atoms with van der Waals surface area (Å²) in [6.07, 6.45) is 4.15. The van der Waals surface area contributed by atoms with E-state index in [-0.39, 0.29) is 16.9 Å². The number of rotatable bonds is 6. The van der Waals surface area contributed by atoms with Crippen LogP contribution in [0, 0.1) is 5.82 Å². The summed E-state index contributed by atoms with van der Waals surface area (Å²) in [7, 11) is 0. The smallest absolute Gasteiger partial charge is 0.166 e. The predicted octanol–water partition coefficient (Wildman–Crippen LogP) is 4.81. The van der Waals surface area contributed by atoms with Gasteiger partial charge in [-0.3, -0.25) is 4.68 Å². The van der Waals surface area contributed by atoms with Gasteiger partial charge in [-0.05, 0) is 31.5 Å². The van der Waals surface area contributed by atoms with Gasteiger partial charge in [-0.1, -0.05) is 23.2 Å². The van der Waals surface area contributed by atoms with Crippen LogP contribution in [-0.2, 0) is 6.54 Å². The molecule has 1 aliphatic heterocycles. The molecular weight excluding hydrogens is 447 g/mol. The van der Waals surface area contributed by atoms with E-state index in [2.05, 4.69) is 15.4 Å². The normalized spacial score (nSPS) is 19.5. The number of alkyl halides is 1. The van der Waals surface area contributed by atoms with Crippen molar-refractivity contribution in [3.63, 3.8) is 0 Å². The first-order chi connectivity index (χ1) is 14.8. The highest BCUT2D eigenvalue weighted by molar-refractivity contribution is 6.36. The Kier molecular flexibility index (Phi) is 6.31. The molecule has 3 aromatic rings. The van der Waals surface area contributed by atoms with E-state index in [1.807, 2.05) is 6.20 Å². The zero-order valence-corrected chi connectivity index (χ0v) is 18.2. The molecule has 0 amide bonds. The van der Waals surface area contributed by atoms with Gasteiger partial charge in [0.05, 0.1) is 17.8 Å². The molecule has 1 aliphatic rings. The highest BCUT2D eigenvalue weighted by atomic mass is 35.5. The average molecular weight is 468 g/mol. The predicted molar refractivity (Wildman–Crippen MR) is 117 cm³/mol. The molecule has 10 heteroatoms. The summed E-state index contributed by atoms with van der Waals surface area (Å²) < 4.78 is 34.9. The van der Waals surface area contributed by atoms with E-state index < -0.39 is 18.1 Å². The van der Waals surface area contributed by atoms with Crippen LogP contribution in [-0.4, -0.2) is 33.5 Å². The molecule has 3 atom stereocenters. The third-order valence-corrected chi connectivity index (χ3v) is 5.93. The van der Waals surface area contributed by atoms with Crippen molar-refractivity contribution in [1.29, 1.82) is 0 Å². The Morgan fingerprint density at radius 1 is 1.32 bits per heavy atom. The van der Waals surface area contributed by atoms with Gasteiger partial charge in [0.1, 0.15) is 18.1 Å². The molecule has 0 unspecified atom stereocenters. The first-order valence-corrected chi connectivity index (χ1v) is 10.5. The number of nitrogens with one attached hydrogen (secondary N) is 1. The lowest BCUT2D eigenvalue weighted by Crippen LogP contribution is -2.26. The molecule has 0 aliphatic carbocycles. The Hall–Kier alpha value is -2.42. The summed E-state index contributed by atoms with van der Waals surface area (Å²) in [5, 5.41) is 7.68. The Bertz CT molecular complexity index is 1090. The Morgan fingerprint density at radius 3 is 2.87 bits per heavy atom. The van der Waals surface area contributed by atoms with Crippen molar-refractivity contribution in [3.8, 4) is 16.9 Å². The minimum atomic E-state index is -0.817. The van der Waals surface area contributed by atoms with E-state index in [0.717, 1.165) is 11.1 Å². The fourth-order valence-electron chi connectivity index (χ4n) is 3.62. The molecule has 3 heterocycles. The van der Waals surface area contributed by atoms with Crippen molar-refractivity contribution in [2.45, 2.75) is 38.2 Å². The molecule has 2 aromatic heterocycles. The molecular formula is C21H21Cl2F2N5O. The Morgan fingerprint density at radius 2 is 2.13 bits per heavy atom. The number of benzene rings is 1. The summed E-state index contributed by atoms with van der Waals surface area (Å²) in [6.45, 7) is 2.64. The van der Waals surface area contributed by atoms with Gasteiger partial charge in [0.15, 0.2) is 11.6 Å². The summed E-state index contributed by atoms with van der Waals surface area (Å²) >= 11 is 12.3. The van der Waals surface area contributed by atoms with Gasteiger partial charge in [0.2, 0.25) is 0 Å². The number of nitrogens with zero attached hydrogens (tertiary/aromatic N) is 3. The summed E-state index contributed by atoms with van der Waals surface area (Å²) in [5.74, 6) is -0.0951. The summed E-state index contributed by atoms with van der Waals surface area (Å²) in [4.78, 5) is 4.20. The third kappa shape index (κ3) is 4.76. The minimum Gasteiger partial charge on any atom is -0.482 e. The lowest BCUT2D eigenvalue weighted by Gasteiger charge is -2.19. The maximum Gasteiger partial charge on any atom is 0.166 e. The molecule has 1 aromatic carbocycles. The van der Waals surface area contributed by atoms with Gasteiger partial charge < -0.3 is 15.8 Å². The van der Waals surface area contributed by atoms with Crippen molar-refractivity contribution in [2.75, 3.05) is 12.3 Å². The minimum absolute atomic E-state index is 0.0489. The summed E-state index contributed by atoms with van der Waals surface area (Å²) in [5.41, 5.74) is 7.86. The lowest BCUT2D eigenvalue weighted by atomic mass is 10.1. The molecule has 1 saturated heterocycles. The molecule has 0 radical (unpaired) electrons. The number of hydrogen-bond acceptors (Lipinski definition) is 5. The molecule has 0 bridgehead atoms. The highest BCUT2D eigenvalue weighted by Gasteiger charge is 2.24. The zero-order chi connectivity index (χ0) is 22.1. The van der Waals surface area contributed by atoms with Crippen LogP contribution < -0.4 is 15.8 Å². The van der Waals surface area contributed by atoms with E-state index in [9.17, 15) is 8.78 Å². The molecule has 6 nitrogen and oxygen atoms in total. The van der Waals surface area contributed by atoms with E-state index >= 15 is 0 Å². The second-order valence-corrected chi connectivity index (χ2v) is 8.30. The number of anilines is 1. The largest absolute Gasteiger partial charge is 0.482 e. The lowest BCUT2D eigenvalue weighted by molar-refractivity contribution is 0.227. The van der Waals surface area contributed by atoms with Crippen molar-refractivity contribution < 1.29 is 13.5 Å². The van der Waals surface area contributed by atoms with Gasteiger partial charge in [0, 0.05) is 46.7 Å². The molecule has 1 fully saturated rings. The SMILES string of the molecule is C[C@@H](Oc1cc(-c2cnn(C[C@H]3C[C@@H](F)CN3)c2)cnc1N)c1c(Cl)ccc(F)c1Cl. The molecule has 4 rings (SSSR count). The number of hydrogen-bond donors (Lipinski definition) is 2. The number of ether oxygens (including phenoxy) is 1. The van der Waals surface area contributed by atoms with Crippen LogP contribution in [0.25, 0.3) is 11.1 Å². The monoisotopic (exact) mass is 467 g/mol. The first kappa shape index (κ1) is 21.8.